The van der Waals surface area contributed by atoms with Crippen LogP contribution in [0.15, 0.2) is 60.9 Å². The fraction of sp³-hybridized carbons (Fsp3) is 0.105. The molecular weight excluding hydrogens is 397 g/mol. The van der Waals surface area contributed by atoms with Crippen molar-refractivity contribution in [3.63, 3.8) is 0 Å². The Morgan fingerprint density at radius 1 is 1.24 bits per heavy atom. The van der Waals surface area contributed by atoms with Gasteiger partial charge in [0.2, 0.25) is 0 Å². The summed E-state index contributed by atoms with van der Waals surface area (Å²) in [4.78, 5) is 29.6. The van der Waals surface area contributed by atoms with E-state index in [1.54, 1.807) is 29.2 Å². The normalized spacial score (nSPS) is 10.9. The second-order valence-corrected chi connectivity index (χ2v) is 7.15. The first-order chi connectivity index (χ1) is 14.0. The number of fused-ring (bicyclic) bond motifs is 1. The Morgan fingerprint density at radius 2 is 2.10 bits per heavy atom. The summed E-state index contributed by atoms with van der Waals surface area (Å²) in [5.41, 5.74) is 0.571. The van der Waals surface area contributed by atoms with Crippen LogP contribution in [0.1, 0.15) is 10.4 Å². The molecule has 29 heavy (non-hydrogen) atoms. The molecule has 0 unspecified atom stereocenters. The summed E-state index contributed by atoms with van der Waals surface area (Å²) < 4.78 is 15.8. The van der Waals surface area contributed by atoms with Crippen LogP contribution in [0.25, 0.3) is 10.2 Å². The molecule has 10 heteroatoms. The molecule has 0 aliphatic heterocycles. The predicted octanol–water partition coefficient (Wildman–Crippen LogP) is 3.89. The van der Waals surface area contributed by atoms with E-state index in [9.17, 15) is 19.3 Å². The molecule has 0 aliphatic rings. The van der Waals surface area contributed by atoms with E-state index in [1.807, 2.05) is 0 Å². The number of nitro groups is 1. The largest absolute Gasteiger partial charge is 0.282 e. The maximum Gasteiger partial charge on any atom is 0.270 e. The third-order valence-corrected chi connectivity index (χ3v) is 5.27. The van der Waals surface area contributed by atoms with Gasteiger partial charge in [-0.3, -0.25) is 24.5 Å². The molecular formula is C19H14FN5O3S. The average Bonchev–Trinajstić information content (AvgIpc) is 3.37. The summed E-state index contributed by atoms with van der Waals surface area (Å²) in [5, 5.41) is 15.6. The van der Waals surface area contributed by atoms with Gasteiger partial charge in [0.05, 0.1) is 21.7 Å². The highest BCUT2D eigenvalue weighted by molar-refractivity contribution is 7.22. The summed E-state index contributed by atoms with van der Waals surface area (Å²) in [5.74, 6) is -0.818. The second-order valence-electron chi connectivity index (χ2n) is 6.14. The van der Waals surface area contributed by atoms with Crippen LogP contribution in [0.2, 0.25) is 0 Å². The van der Waals surface area contributed by atoms with Gasteiger partial charge in [0.25, 0.3) is 11.6 Å². The Kier molecular flexibility index (Phi) is 5.00. The van der Waals surface area contributed by atoms with Crippen LogP contribution in [-0.2, 0) is 6.54 Å². The zero-order valence-electron chi connectivity index (χ0n) is 14.9. The molecule has 0 fully saturated rings. The van der Waals surface area contributed by atoms with E-state index in [0.717, 1.165) is 0 Å². The van der Waals surface area contributed by atoms with E-state index in [4.69, 9.17) is 0 Å². The van der Waals surface area contributed by atoms with E-state index >= 15 is 0 Å². The summed E-state index contributed by atoms with van der Waals surface area (Å²) in [6.45, 7) is 0.642. The number of anilines is 1. The van der Waals surface area contributed by atoms with E-state index in [2.05, 4.69) is 10.1 Å². The van der Waals surface area contributed by atoms with Gasteiger partial charge in [-0.15, -0.1) is 0 Å². The number of nitro benzene ring substituents is 1. The summed E-state index contributed by atoms with van der Waals surface area (Å²) >= 11 is 1.18. The van der Waals surface area contributed by atoms with Gasteiger partial charge in [0.1, 0.15) is 5.82 Å². The van der Waals surface area contributed by atoms with E-state index in [1.165, 1.54) is 52.6 Å². The average molecular weight is 411 g/mol. The smallest absolute Gasteiger partial charge is 0.270 e. The van der Waals surface area contributed by atoms with Gasteiger partial charge in [-0.05, 0) is 30.3 Å². The number of thiazole rings is 1. The molecule has 0 bridgehead atoms. The zero-order valence-corrected chi connectivity index (χ0v) is 15.8. The van der Waals surface area contributed by atoms with Crippen molar-refractivity contribution in [1.29, 1.82) is 0 Å². The number of carbonyl (C=O) groups is 1. The van der Waals surface area contributed by atoms with E-state index in [0.29, 0.717) is 21.9 Å². The Balaban J connectivity index is 1.71. The molecule has 2 heterocycles. The van der Waals surface area contributed by atoms with Gasteiger partial charge in [-0.1, -0.05) is 17.4 Å². The molecule has 0 aliphatic carbocycles. The molecule has 2 aromatic heterocycles. The Bertz CT molecular complexity index is 1190. The highest BCUT2D eigenvalue weighted by atomic mass is 32.1. The molecule has 0 saturated heterocycles. The summed E-state index contributed by atoms with van der Waals surface area (Å²) in [6, 6.07) is 11.5. The Hall–Kier alpha value is -3.66. The molecule has 0 atom stereocenters. The van der Waals surface area contributed by atoms with Gasteiger partial charge in [-0.25, -0.2) is 9.37 Å². The quantitative estimate of drug-likeness (QED) is 0.354. The molecule has 1 amide bonds. The van der Waals surface area contributed by atoms with Crippen molar-refractivity contribution in [1.82, 2.24) is 14.8 Å². The van der Waals surface area contributed by atoms with Crippen molar-refractivity contribution < 1.29 is 14.1 Å². The first-order valence-electron chi connectivity index (χ1n) is 8.61. The molecule has 4 aromatic rings. The van der Waals surface area contributed by atoms with Crippen LogP contribution in [0, 0.1) is 15.9 Å². The van der Waals surface area contributed by atoms with Crippen LogP contribution in [0.3, 0.4) is 0 Å². The molecule has 2 aromatic carbocycles. The van der Waals surface area contributed by atoms with Crippen molar-refractivity contribution >= 4 is 38.3 Å². The number of hydrogen-bond donors (Lipinski definition) is 0. The second kappa shape index (κ2) is 7.76. The third kappa shape index (κ3) is 3.97. The number of nitrogens with zero attached hydrogens (tertiary/aromatic N) is 5. The number of halogens is 1. The Morgan fingerprint density at radius 3 is 2.86 bits per heavy atom. The molecule has 0 saturated carbocycles. The van der Waals surface area contributed by atoms with Gasteiger partial charge in [0, 0.05) is 36.6 Å². The molecule has 146 valence electrons. The van der Waals surface area contributed by atoms with Crippen LogP contribution in [0.4, 0.5) is 15.2 Å². The molecule has 4 rings (SSSR count). The topological polar surface area (TPSA) is 94.2 Å². The van der Waals surface area contributed by atoms with Crippen LogP contribution in [-0.4, -0.2) is 32.1 Å². The number of benzene rings is 2. The first-order valence-corrected chi connectivity index (χ1v) is 9.43. The maximum atomic E-state index is 13.5. The number of aromatic nitrogens is 3. The van der Waals surface area contributed by atoms with Crippen molar-refractivity contribution in [2.45, 2.75) is 6.54 Å². The summed E-state index contributed by atoms with van der Waals surface area (Å²) in [7, 11) is 0. The van der Waals surface area contributed by atoms with Gasteiger partial charge >= 0.3 is 0 Å². The zero-order chi connectivity index (χ0) is 20.4. The fourth-order valence-corrected chi connectivity index (χ4v) is 3.84. The van der Waals surface area contributed by atoms with Crippen molar-refractivity contribution in [3.8, 4) is 0 Å². The SMILES string of the molecule is O=C(c1cccc([N+](=O)[O-])c1)N(CCn1cccn1)c1nc2ccc(F)cc2s1. The van der Waals surface area contributed by atoms with Crippen molar-refractivity contribution in [2.24, 2.45) is 0 Å². The molecule has 0 N–H and O–H groups in total. The number of carbonyl (C=O) groups excluding carboxylic acids is 1. The monoisotopic (exact) mass is 411 g/mol. The van der Waals surface area contributed by atoms with Gasteiger partial charge < -0.3 is 0 Å². The predicted molar refractivity (Wildman–Crippen MR) is 107 cm³/mol. The highest BCUT2D eigenvalue weighted by Crippen LogP contribution is 2.30. The molecule has 0 spiro atoms. The number of non-ortho nitro benzene ring substituents is 1. The fourth-order valence-electron chi connectivity index (χ4n) is 2.83. The van der Waals surface area contributed by atoms with Gasteiger partial charge in [-0.2, -0.15) is 5.10 Å². The number of amides is 1. The van der Waals surface area contributed by atoms with Gasteiger partial charge in [0.15, 0.2) is 5.13 Å². The van der Waals surface area contributed by atoms with Crippen molar-refractivity contribution in [3.05, 3.63) is 82.4 Å². The lowest BCUT2D eigenvalue weighted by atomic mass is 10.2. The third-order valence-electron chi connectivity index (χ3n) is 4.23. The molecule has 0 radical (unpaired) electrons. The van der Waals surface area contributed by atoms with Crippen LogP contribution >= 0.6 is 11.3 Å². The van der Waals surface area contributed by atoms with Crippen LogP contribution < -0.4 is 4.90 Å². The number of rotatable bonds is 6. The first kappa shape index (κ1) is 18.7. The Labute approximate surface area is 168 Å². The minimum atomic E-state index is -0.550. The van der Waals surface area contributed by atoms with E-state index < -0.39 is 10.8 Å². The lowest BCUT2D eigenvalue weighted by Crippen LogP contribution is -2.34. The lowest BCUT2D eigenvalue weighted by molar-refractivity contribution is -0.384. The lowest BCUT2D eigenvalue weighted by Gasteiger charge is -2.20. The van der Waals surface area contributed by atoms with Crippen LogP contribution in [0.5, 0.6) is 0 Å². The van der Waals surface area contributed by atoms with E-state index in [-0.39, 0.29) is 23.6 Å². The minimum absolute atomic E-state index is 0.171. The standard InChI is InChI=1S/C19H14FN5O3S/c20-14-5-6-16-17(12-14)29-19(22-16)24(10-9-23-8-2-7-21-23)18(26)13-3-1-4-15(11-13)25(27)28/h1-8,11-12H,9-10H2. The summed E-state index contributed by atoms with van der Waals surface area (Å²) in [6.07, 6.45) is 3.40. The maximum absolute atomic E-state index is 13.5. The molecule has 8 nitrogen and oxygen atoms in total. The van der Waals surface area contributed by atoms with Crippen molar-refractivity contribution in [2.75, 3.05) is 11.4 Å². The number of hydrogen-bond acceptors (Lipinski definition) is 6. The minimum Gasteiger partial charge on any atom is -0.282 e. The highest BCUT2D eigenvalue weighted by Gasteiger charge is 2.23.